The molecular formula is C102H117ClF8I7NaO17S3-2. The molecule has 18 aliphatic rings. The third-order valence-electron chi connectivity index (χ3n) is 26.0. The van der Waals surface area contributed by atoms with Crippen molar-refractivity contribution in [2.45, 2.75) is 202 Å². The second kappa shape index (κ2) is 57.7. The number of hydrogen-bond donors (Lipinski definition) is 0. The number of ether oxygens (including phenoxy) is 6. The van der Waals surface area contributed by atoms with E-state index in [0.29, 0.717) is 132 Å². The number of benzene rings is 7. The molecule has 2 aliphatic heterocycles. The van der Waals surface area contributed by atoms with Crippen molar-refractivity contribution in [3.63, 3.8) is 0 Å². The Bertz CT molecular complexity index is 4600. The maximum atomic E-state index is 12.9. The van der Waals surface area contributed by atoms with Crippen LogP contribution in [0.1, 0.15) is 157 Å². The van der Waals surface area contributed by atoms with Gasteiger partial charge in [0.05, 0.1) is 26.4 Å². The Balaban J connectivity index is 0.000000191. The molecule has 0 aromatic heterocycles. The molecule has 18 fully saturated rings. The molecule has 16 bridgehead atoms. The molecule has 16 aliphatic carbocycles. The van der Waals surface area contributed by atoms with Gasteiger partial charge in [-0.1, -0.05) is 25.6 Å². The predicted octanol–water partition coefficient (Wildman–Crippen LogP) is 11.6. The maximum absolute atomic E-state index is 12.9. The Kier molecular flexibility index (Phi) is 50.4. The van der Waals surface area contributed by atoms with Crippen molar-refractivity contribution in [2.24, 2.45) is 71.0 Å². The second-order valence-corrected chi connectivity index (χ2v) is 98.4. The number of carbonyl (C=O) groups is 8. The van der Waals surface area contributed by atoms with Gasteiger partial charge in [0.25, 0.3) is 0 Å². The summed E-state index contributed by atoms with van der Waals surface area (Å²) in [6.07, 6.45) is 10.6. The minimum absolute atomic E-state index is 0. The first-order valence-electron chi connectivity index (χ1n) is 45.2. The summed E-state index contributed by atoms with van der Waals surface area (Å²) in [5.74, 6) is -9.55. The van der Waals surface area contributed by atoms with Crippen LogP contribution in [-0.4, -0.2) is 149 Å². The topological polar surface area (TPSA) is 243 Å². The van der Waals surface area contributed by atoms with Gasteiger partial charge in [0.1, 0.15) is 57.0 Å². The molecule has 8 atom stereocenters. The van der Waals surface area contributed by atoms with Crippen LogP contribution < -0.4 is 93.2 Å². The quantitative estimate of drug-likeness (QED) is 0.0176. The molecule has 0 amide bonds. The van der Waals surface area contributed by atoms with E-state index in [-0.39, 0.29) is 191 Å². The zero-order valence-corrected chi connectivity index (χ0v) is 97.0. The molecule has 139 heavy (non-hydrogen) atoms. The van der Waals surface area contributed by atoms with Gasteiger partial charge < -0.3 is 37.2 Å². The fourth-order valence-electron chi connectivity index (χ4n) is 21.4. The molecule has 17 nitrogen and oxygen atoms in total. The van der Waals surface area contributed by atoms with Gasteiger partial charge in [-0.15, -0.1) is 25.0 Å². The number of rotatable bonds is 15. The van der Waals surface area contributed by atoms with Gasteiger partial charge in [0, 0.05) is 96.9 Å². The first-order valence-corrected chi connectivity index (χ1v) is 74.3. The van der Waals surface area contributed by atoms with E-state index in [1.165, 1.54) is 49.3 Å². The van der Waals surface area contributed by atoms with E-state index >= 15 is 0 Å². The number of hydrogen-bond acceptors (Lipinski definition) is 18. The number of esters is 4. The van der Waals surface area contributed by atoms with E-state index < -0.39 is 81.1 Å². The zero-order chi connectivity index (χ0) is 98.0. The van der Waals surface area contributed by atoms with Crippen molar-refractivity contribution >= 4 is 156 Å². The minimum Gasteiger partial charge on any atom is -0.372 e. The average molecular weight is 2810 g/mol. The van der Waals surface area contributed by atoms with Crippen LogP contribution in [0.3, 0.4) is 0 Å². The summed E-state index contributed by atoms with van der Waals surface area (Å²) < 4.78 is 167. The Labute approximate surface area is 914 Å². The molecule has 7 aromatic rings. The summed E-state index contributed by atoms with van der Waals surface area (Å²) >= 11 is 9.48. The number of halogens is 16. The maximum Gasteiger partial charge on any atom is 0.155 e. The molecule has 2 heterocycles. The van der Waals surface area contributed by atoms with Crippen molar-refractivity contribution < 1.29 is 208 Å². The molecule has 37 heteroatoms. The Hall–Kier alpha value is -2.95. The smallest absolute Gasteiger partial charge is 0.155 e. The van der Waals surface area contributed by atoms with Crippen LogP contribution in [0.4, 0.5) is 35.1 Å². The molecule has 25 rings (SSSR count). The van der Waals surface area contributed by atoms with Crippen molar-refractivity contribution in [2.75, 3.05) is 49.4 Å². The summed E-state index contributed by atoms with van der Waals surface area (Å²) in [7, 11) is -3.00. The van der Waals surface area contributed by atoms with E-state index in [4.69, 9.17) is 41.0 Å². The van der Waals surface area contributed by atoms with Crippen LogP contribution in [0.25, 0.3) is 0 Å². The van der Waals surface area contributed by atoms with E-state index in [0.717, 1.165) is 77.8 Å². The van der Waals surface area contributed by atoms with Crippen LogP contribution in [0.15, 0.2) is 217 Å². The minimum atomic E-state index is -3.45. The molecule has 760 valence electrons. The molecule has 0 N–H and O–H groups in total. The monoisotopic (exact) mass is 2810 g/mol. The van der Waals surface area contributed by atoms with Gasteiger partial charge in [-0.05, 0) is 164 Å². The predicted molar refractivity (Wildman–Crippen MR) is 538 cm³/mol. The molecule has 0 spiro atoms. The SMILES string of the molecule is C.C1CSCCO1.CC(F)(F)C(=O)OC12CC3CC(C1)C(=O)C(C3)C2.CC(F)(F)C(=O)OC12CC3CC(C1)C(=O)C(C3)C2.CC(F)(F)C(=O)OC12CC3CC(C1)C(=O)C(C3)C2.Cl.II(I)I.O=C(OC12CC3CC(C1)C(=O)C(C3)C2)[C-](F)F.O=S(=O)=O.[Na+].c1ccc([I-]c2ccccc2)cc1.c1ccc([I-]c2ccccc2)cc1.c1ccc([I-]c2ccccc2)cc1.c1ccc([S+]2CCOCC2)cc1. The fourth-order valence-corrected chi connectivity index (χ4v) is 30.7. The summed E-state index contributed by atoms with van der Waals surface area (Å²) in [6.45, 7) is 5.48. The third kappa shape index (κ3) is 38.5. The number of alkyl halides is 6. The first-order chi connectivity index (χ1) is 64.6. The summed E-state index contributed by atoms with van der Waals surface area (Å²) in [5.41, 5.74) is -3.16. The van der Waals surface area contributed by atoms with E-state index in [2.05, 4.69) is 268 Å². The van der Waals surface area contributed by atoms with Crippen molar-refractivity contribution in [3.05, 3.63) is 240 Å². The van der Waals surface area contributed by atoms with E-state index in [9.17, 15) is 73.5 Å². The number of thioether (sulfide) groups is 1. The fraction of sp³-hybridized carbons (Fsp3) is 0.500. The molecule has 7 aromatic carbocycles. The molecule has 16 saturated carbocycles. The summed E-state index contributed by atoms with van der Waals surface area (Å²) in [4.78, 5) is 94.2. The normalized spacial score (nSPS) is 27.7. The molecular weight excluding hydrogens is 2690 g/mol. The van der Waals surface area contributed by atoms with Gasteiger partial charge >= 0.3 is 407 Å². The van der Waals surface area contributed by atoms with Crippen LogP contribution >= 0.6 is 87.9 Å². The number of ketones is 4. The van der Waals surface area contributed by atoms with Crippen molar-refractivity contribution in [3.8, 4) is 0 Å². The molecule has 2 saturated heterocycles. The van der Waals surface area contributed by atoms with Crippen LogP contribution in [0, 0.1) is 98.9 Å². The number of Topliss-reactive ketones (excluding diaryl/α,β-unsaturated/α-hetero) is 4. The van der Waals surface area contributed by atoms with Crippen molar-refractivity contribution in [1.82, 2.24) is 0 Å². The molecule has 8 unspecified atom stereocenters. The van der Waals surface area contributed by atoms with E-state index in [1.54, 1.807) is 0 Å². The number of carbonyl (C=O) groups excluding carboxylic acids is 8. The van der Waals surface area contributed by atoms with Gasteiger partial charge in [-0.2, -0.15) is 38.1 Å². The van der Waals surface area contributed by atoms with Gasteiger partial charge in [0.2, 0.25) is 5.97 Å². The summed E-state index contributed by atoms with van der Waals surface area (Å²) in [6, 6.07) is 75.0. The van der Waals surface area contributed by atoms with Crippen molar-refractivity contribution in [1.29, 1.82) is 0 Å². The van der Waals surface area contributed by atoms with Gasteiger partial charge in [-0.3, -0.25) is 24.0 Å². The Morgan fingerprint density at radius 2 is 0.576 bits per heavy atom. The van der Waals surface area contributed by atoms with E-state index in [1.807, 2.05) is 11.8 Å². The van der Waals surface area contributed by atoms with Gasteiger partial charge in [-0.25, -0.2) is 14.4 Å². The second-order valence-electron chi connectivity index (χ2n) is 36.7. The van der Waals surface area contributed by atoms with Crippen LogP contribution in [0.5, 0.6) is 0 Å². The third-order valence-corrected chi connectivity index (χ3v) is 37.3. The van der Waals surface area contributed by atoms with Crippen LogP contribution in [0.2, 0.25) is 0 Å². The standard InChI is InChI=1S/3C13H16F2O3.C12H13F2O3.3C12H10I.C10H13OS.C4H8OS.CH4.ClH.I4.Na.O3S/c3*1-12(14,15)11(17)18-13-4-7-2-8(5-13)10(16)9(3-7)6-13;13-10(14)11(16)17-12-3-6-1-7(4-12)9(15)8(2-6)5-12;3*1-3-7-11(8-4-1)13-12-9-5-2-6-10-12;1-2-4-10(5-3-1)12-8-6-11-7-9-12;1-3-6-4-2-5-1;;;1-4(2)3;;1-4(2)3/h3*7-9H,2-6H2,1H3;6-8H,1-5H2;3*1-10H;1-5H,6-9H2;1-4H2;1H4;1H;;;/q;;;4*-1;+1;;;;;+1;. The van der Waals surface area contributed by atoms with Gasteiger partial charge in [0.15, 0.2) is 4.90 Å². The largest absolute Gasteiger partial charge is 0.372 e. The average Bonchev–Trinajstić information content (AvgIpc) is 0.747. The molecule has 0 radical (unpaired) electrons. The first kappa shape index (κ1) is 121. The Morgan fingerprint density at radius 3 is 0.755 bits per heavy atom. The summed E-state index contributed by atoms with van der Waals surface area (Å²) in [5, 5.41) is 0. The van der Waals surface area contributed by atoms with Crippen LogP contribution in [-0.2, 0) is 88.3 Å². The Morgan fingerprint density at radius 1 is 0.381 bits per heavy atom. The zero-order valence-electron chi connectivity index (χ0n) is 76.7.